The summed E-state index contributed by atoms with van der Waals surface area (Å²) in [6.07, 6.45) is 6.16. The maximum absolute atomic E-state index is 6.65. The lowest BCUT2D eigenvalue weighted by Gasteiger charge is -2.39. The Morgan fingerprint density at radius 1 is 0.341 bits per heavy atom. The van der Waals surface area contributed by atoms with Crippen molar-refractivity contribution in [3.05, 3.63) is 0 Å². The van der Waals surface area contributed by atoms with E-state index >= 15 is 0 Å². The molecule has 44 heavy (non-hydrogen) atoms. The predicted octanol–water partition coefficient (Wildman–Crippen LogP) is 12.9. The molecule has 0 aromatic rings. The van der Waals surface area contributed by atoms with Crippen LogP contribution in [-0.4, -0.2) is 64.0 Å². The monoisotopic (exact) mass is 806 g/mol. The fourth-order valence-corrected chi connectivity index (χ4v) is 31.9. The third-order valence-corrected chi connectivity index (χ3v) is 32.4. The van der Waals surface area contributed by atoms with E-state index < -0.39 is 17.6 Å². The lowest BCUT2D eigenvalue weighted by atomic mass is 10.3. The van der Waals surface area contributed by atoms with Crippen molar-refractivity contribution in [2.75, 3.05) is 0 Å². The predicted molar refractivity (Wildman–Crippen MR) is 216 cm³/mol. The molecule has 0 aromatic heterocycles. The Bertz CT molecular complexity index is 592. The molecule has 0 heterocycles. The highest BCUT2D eigenvalue weighted by Crippen LogP contribution is 2.59. The van der Waals surface area contributed by atoms with Crippen LogP contribution in [0.4, 0.5) is 0 Å². The molecule has 0 saturated carbocycles. The largest absolute Gasteiger partial charge is 0.516 e. The van der Waals surface area contributed by atoms with Crippen molar-refractivity contribution in [2.24, 2.45) is 0 Å². The lowest BCUT2D eigenvalue weighted by molar-refractivity contribution is -0.0121. The van der Waals surface area contributed by atoms with Crippen molar-refractivity contribution in [1.29, 1.82) is 0 Å². The summed E-state index contributed by atoms with van der Waals surface area (Å²) >= 11 is 0. The Kier molecular flexibility index (Phi) is 28.6. The molecule has 6 nitrogen and oxygen atoms in total. The van der Waals surface area contributed by atoms with Crippen molar-refractivity contribution in [2.45, 2.75) is 182 Å². The molecule has 0 fully saturated rings. The summed E-state index contributed by atoms with van der Waals surface area (Å²) < 4.78 is 39.9. The van der Waals surface area contributed by atoms with Crippen LogP contribution in [0.15, 0.2) is 0 Å². The highest BCUT2D eigenvalue weighted by atomic mass is 34.0. The lowest BCUT2D eigenvalue weighted by Crippen LogP contribution is -2.58. The molecule has 0 aliphatic heterocycles. The van der Waals surface area contributed by atoms with Crippen molar-refractivity contribution in [3.8, 4) is 0 Å². The quantitative estimate of drug-likeness (QED) is 0.0409. The summed E-state index contributed by atoms with van der Waals surface area (Å²) in [5.74, 6) is 0. The van der Waals surface area contributed by atoms with Gasteiger partial charge in [0.1, 0.15) is 0 Å². The first-order valence-corrected chi connectivity index (χ1v) is 30.0. The molecular weight excluding hydrogens is 745 g/mol. The maximum atomic E-state index is 6.65. The summed E-state index contributed by atoms with van der Waals surface area (Å²) in [6.45, 7) is 30.1. The zero-order valence-corrected chi connectivity index (χ0v) is 38.1. The third-order valence-electron chi connectivity index (χ3n) is 7.14. The number of hydrogen-bond donors (Lipinski definition) is 0. The summed E-state index contributed by atoms with van der Waals surface area (Å²) in [6, 6.07) is 0. The molecular formula is C28H62O6S8Si2. The van der Waals surface area contributed by atoms with E-state index in [1.54, 1.807) is 80.5 Å². The smallest absolute Gasteiger partial charge is 0.370 e. The average Bonchev–Trinajstić information content (AvgIpc) is 3.00. The first-order valence-electron chi connectivity index (χ1n) is 16.2. The average molecular weight is 808 g/mol. The Labute approximate surface area is 304 Å². The fraction of sp³-hybridized carbons (Fsp3) is 1.00. The van der Waals surface area contributed by atoms with Gasteiger partial charge in [-0.3, -0.25) is 0 Å². The minimum atomic E-state index is -2.94. The normalized spacial score (nSPS) is 20.6. The zero-order chi connectivity index (χ0) is 33.8. The fourth-order valence-electron chi connectivity index (χ4n) is 3.24. The van der Waals surface area contributed by atoms with Gasteiger partial charge < -0.3 is 26.6 Å². The van der Waals surface area contributed by atoms with Crippen LogP contribution in [0, 0.1) is 0 Å². The minimum absolute atomic E-state index is 0.0947. The van der Waals surface area contributed by atoms with E-state index in [1.807, 2.05) is 0 Å². The molecule has 0 rings (SSSR count). The third kappa shape index (κ3) is 18.8. The first kappa shape index (κ1) is 47.0. The second-order valence-corrected chi connectivity index (χ2v) is 31.1. The van der Waals surface area contributed by atoms with Gasteiger partial charge in [-0.2, -0.15) is 0 Å². The van der Waals surface area contributed by atoms with Gasteiger partial charge >= 0.3 is 17.6 Å². The van der Waals surface area contributed by atoms with Gasteiger partial charge in [0.2, 0.25) is 0 Å². The molecule has 266 valence electrons. The van der Waals surface area contributed by atoms with Crippen LogP contribution >= 0.6 is 80.5 Å². The van der Waals surface area contributed by atoms with Gasteiger partial charge in [-0.1, -0.05) is 63.1 Å². The topological polar surface area (TPSA) is 55.4 Å². The first-order chi connectivity index (χ1) is 20.8. The van der Waals surface area contributed by atoms with Crippen molar-refractivity contribution < 1.29 is 26.6 Å². The van der Waals surface area contributed by atoms with Crippen LogP contribution in [0.1, 0.15) is 135 Å². The van der Waals surface area contributed by atoms with Gasteiger partial charge in [0.05, 0.1) is 9.75 Å². The Balaban J connectivity index is 5.11. The van der Waals surface area contributed by atoms with Gasteiger partial charge in [-0.15, -0.1) is 0 Å². The molecule has 0 saturated heterocycles. The highest BCUT2D eigenvalue weighted by molar-refractivity contribution is 9.48. The van der Waals surface area contributed by atoms with Gasteiger partial charge in [0.15, 0.2) is 0 Å². The van der Waals surface area contributed by atoms with Gasteiger partial charge in [-0.05, 0) is 153 Å². The minimum Gasteiger partial charge on any atom is -0.370 e. The summed E-state index contributed by atoms with van der Waals surface area (Å²) in [5, 5.41) is 0. The van der Waals surface area contributed by atoms with Crippen LogP contribution in [0.3, 0.4) is 0 Å². The van der Waals surface area contributed by atoms with Gasteiger partial charge in [0, 0.05) is 36.6 Å². The van der Waals surface area contributed by atoms with E-state index in [9.17, 15) is 0 Å². The van der Waals surface area contributed by atoms with E-state index in [4.69, 9.17) is 26.6 Å². The van der Waals surface area contributed by atoms with Crippen LogP contribution in [-0.2, 0) is 26.6 Å². The van der Waals surface area contributed by atoms with Crippen LogP contribution < -0.4 is 0 Å². The molecule has 0 bridgehead atoms. The van der Waals surface area contributed by atoms with Crippen molar-refractivity contribution in [1.82, 2.24) is 0 Å². The second-order valence-electron chi connectivity index (χ2n) is 11.1. The standard InChI is InChI=1S/C28H62O6S8Si2/c1-15-21(7)29-43(30-22(8)16-2,31-23(9)17-3)27(13)35-37-39-41-42-40-38-36-28(14)44(32-24(10)18-4,33-25(11)19-5)34-26(12)20-6/h21-28H,15-20H2,1-14H3. The molecule has 0 amide bonds. The molecule has 8 atom stereocenters. The van der Waals surface area contributed by atoms with E-state index in [1.165, 1.54) is 0 Å². The number of rotatable bonds is 29. The highest BCUT2D eigenvalue weighted by Gasteiger charge is 2.52. The molecule has 8 unspecified atom stereocenters. The summed E-state index contributed by atoms with van der Waals surface area (Å²) in [4.78, 5) is 0.223. The second kappa shape index (κ2) is 26.8. The molecule has 0 aromatic carbocycles. The molecule has 16 heteroatoms. The van der Waals surface area contributed by atoms with Crippen LogP contribution in [0.25, 0.3) is 0 Å². The SMILES string of the molecule is CCC(C)O[Si](OC(C)CC)(OC(C)CC)C(C)SSSSSSSSC(C)[Si](OC(C)CC)(OC(C)CC)OC(C)CC. The Morgan fingerprint density at radius 3 is 0.705 bits per heavy atom. The Morgan fingerprint density at radius 2 is 0.523 bits per heavy atom. The van der Waals surface area contributed by atoms with Crippen LogP contribution in [0.5, 0.6) is 0 Å². The molecule has 0 radical (unpaired) electrons. The van der Waals surface area contributed by atoms with Gasteiger partial charge in [-0.25, -0.2) is 0 Å². The summed E-state index contributed by atoms with van der Waals surface area (Å²) in [5.41, 5.74) is 0. The van der Waals surface area contributed by atoms with Crippen molar-refractivity contribution >= 4 is 98.2 Å². The molecule has 0 aliphatic carbocycles. The maximum Gasteiger partial charge on any atom is 0.516 e. The Hall–Kier alpha value is 2.99. The van der Waals surface area contributed by atoms with E-state index in [-0.39, 0.29) is 46.4 Å². The molecule has 0 spiro atoms. The van der Waals surface area contributed by atoms with Crippen LogP contribution in [0.2, 0.25) is 0 Å². The van der Waals surface area contributed by atoms with Crippen molar-refractivity contribution in [3.63, 3.8) is 0 Å². The van der Waals surface area contributed by atoms with Gasteiger partial charge in [0.25, 0.3) is 0 Å². The van der Waals surface area contributed by atoms with E-state index in [2.05, 4.69) is 96.9 Å². The van der Waals surface area contributed by atoms with E-state index in [0.717, 1.165) is 38.5 Å². The summed E-state index contributed by atoms with van der Waals surface area (Å²) in [7, 11) is 8.39. The zero-order valence-electron chi connectivity index (χ0n) is 29.6. The van der Waals surface area contributed by atoms with E-state index in [0.29, 0.717) is 0 Å². The number of hydrogen-bond acceptors (Lipinski definition) is 14. The molecule has 0 N–H and O–H groups in total. The molecule has 0 aliphatic rings.